The number of alkyl halides is 2. The maximum atomic E-state index is 13.9. The fourth-order valence-electron chi connectivity index (χ4n) is 3.59. The van der Waals surface area contributed by atoms with Crippen molar-refractivity contribution in [2.24, 2.45) is 0 Å². The van der Waals surface area contributed by atoms with Gasteiger partial charge in [-0.25, -0.2) is 21.2 Å². The van der Waals surface area contributed by atoms with Gasteiger partial charge in [0.15, 0.2) is 0 Å². The number of aromatic nitrogens is 1. The van der Waals surface area contributed by atoms with Crippen LogP contribution in [0.25, 0.3) is 10.9 Å². The van der Waals surface area contributed by atoms with Crippen molar-refractivity contribution >= 4 is 49.8 Å². The molecule has 2 aromatic carbocycles. The molecule has 0 radical (unpaired) electrons. The van der Waals surface area contributed by atoms with Crippen LogP contribution in [-0.4, -0.2) is 38.6 Å². The summed E-state index contributed by atoms with van der Waals surface area (Å²) in [5, 5.41) is 3.66. The van der Waals surface area contributed by atoms with Gasteiger partial charge in [0.2, 0.25) is 0 Å². The van der Waals surface area contributed by atoms with E-state index >= 15 is 0 Å². The Balaban J connectivity index is 0.00000132. The van der Waals surface area contributed by atoms with Crippen LogP contribution >= 0.6 is 23.2 Å². The molecule has 0 spiro atoms. The zero-order valence-corrected chi connectivity index (χ0v) is 19.4. The molecule has 0 amide bonds. The normalized spacial score (nSPS) is 14.6. The van der Waals surface area contributed by atoms with Crippen LogP contribution in [0.15, 0.2) is 47.5 Å². The fraction of sp³-hybridized carbons (Fsp3) is 0.333. The molecule has 1 saturated heterocycles. The first kappa shape index (κ1) is 23.8. The molecule has 0 saturated carbocycles. The number of hydrogen-bond donors (Lipinski definition) is 1. The molecule has 5 nitrogen and oxygen atoms in total. The van der Waals surface area contributed by atoms with Gasteiger partial charge in [0.25, 0.3) is 16.4 Å². The summed E-state index contributed by atoms with van der Waals surface area (Å²) in [6.45, 7) is 6.58. The molecule has 4 rings (SSSR count). The van der Waals surface area contributed by atoms with Crippen LogP contribution in [0.3, 0.4) is 0 Å². The summed E-state index contributed by atoms with van der Waals surface area (Å²) in [5.74, 6) is 0. The van der Waals surface area contributed by atoms with Crippen LogP contribution in [0, 0.1) is 0 Å². The van der Waals surface area contributed by atoms with Gasteiger partial charge in [0.05, 0.1) is 10.5 Å². The largest absolute Gasteiger partial charge is 0.368 e. The van der Waals surface area contributed by atoms with Gasteiger partial charge in [-0.1, -0.05) is 49.2 Å². The number of nitrogens with one attached hydrogen (secondary N) is 1. The van der Waals surface area contributed by atoms with E-state index in [-0.39, 0.29) is 31.4 Å². The highest BCUT2D eigenvalue weighted by atomic mass is 35.5. The first-order valence-corrected chi connectivity index (χ1v) is 12.1. The number of benzene rings is 2. The molecule has 1 aromatic heterocycles. The van der Waals surface area contributed by atoms with E-state index in [2.05, 4.69) is 5.32 Å². The van der Waals surface area contributed by atoms with Crippen molar-refractivity contribution < 1.29 is 17.2 Å². The van der Waals surface area contributed by atoms with Crippen molar-refractivity contribution in [1.82, 2.24) is 9.29 Å². The Labute approximate surface area is 190 Å². The van der Waals surface area contributed by atoms with E-state index in [4.69, 9.17) is 23.2 Å². The van der Waals surface area contributed by atoms with Gasteiger partial charge in [0, 0.05) is 54.0 Å². The van der Waals surface area contributed by atoms with E-state index in [9.17, 15) is 17.2 Å². The summed E-state index contributed by atoms with van der Waals surface area (Å²) in [6, 6.07) is 8.90. The minimum atomic E-state index is -4.21. The second-order valence-electron chi connectivity index (χ2n) is 6.67. The van der Waals surface area contributed by atoms with E-state index in [0.717, 1.165) is 10.2 Å². The molecule has 2 heterocycles. The third kappa shape index (κ3) is 4.53. The predicted octanol–water partition coefficient (Wildman–Crippen LogP) is 5.56. The van der Waals surface area contributed by atoms with Gasteiger partial charge in [0.1, 0.15) is 4.90 Å². The highest BCUT2D eigenvalue weighted by Crippen LogP contribution is 2.40. The topological polar surface area (TPSA) is 54.3 Å². The SMILES string of the molecule is CC.O=S(=O)(c1ccccc1Cl)n1cc(C(F)F)c2c(N3CCNCC3)cc(Cl)cc21. The Bertz CT molecular complexity index is 1180. The van der Waals surface area contributed by atoms with Gasteiger partial charge in [-0.2, -0.15) is 0 Å². The minimum absolute atomic E-state index is 0.0114. The lowest BCUT2D eigenvalue weighted by atomic mass is 10.1. The second kappa shape index (κ2) is 9.73. The highest BCUT2D eigenvalue weighted by Gasteiger charge is 2.29. The molecule has 1 fully saturated rings. The third-order valence-electron chi connectivity index (χ3n) is 4.91. The maximum absolute atomic E-state index is 13.9. The third-order valence-corrected chi connectivity index (χ3v) is 7.30. The van der Waals surface area contributed by atoms with Gasteiger partial charge < -0.3 is 10.2 Å². The summed E-state index contributed by atoms with van der Waals surface area (Å²) in [7, 11) is -4.21. The van der Waals surface area contributed by atoms with Crippen molar-refractivity contribution in [2.75, 3.05) is 31.1 Å². The van der Waals surface area contributed by atoms with Crippen molar-refractivity contribution in [3.63, 3.8) is 0 Å². The highest BCUT2D eigenvalue weighted by molar-refractivity contribution is 7.90. The van der Waals surface area contributed by atoms with E-state index in [0.29, 0.717) is 31.9 Å². The van der Waals surface area contributed by atoms with E-state index in [1.165, 1.54) is 24.3 Å². The second-order valence-corrected chi connectivity index (χ2v) is 9.30. The van der Waals surface area contributed by atoms with Gasteiger partial charge in [-0.15, -0.1) is 0 Å². The smallest absolute Gasteiger partial charge is 0.269 e. The first-order valence-electron chi connectivity index (χ1n) is 9.89. The lowest BCUT2D eigenvalue weighted by molar-refractivity contribution is 0.153. The zero-order valence-electron chi connectivity index (χ0n) is 17.1. The lowest BCUT2D eigenvalue weighted by Gasteiger charge is -2.30. The molecular formula is C21H23Cl2F2N3O2S. The van der Waals surface area contributed by atoms with Gasteiger partial charge >= 0.3 is 0 Å². The van der Waals surface area contributed by atoms with E-state index in [1.807, 2.05) is 18.7 Å². The Morgan fingerprint density at radius 3 is 2.32 bits per heavy atom. The molecule has 0 aliphatic carbocycles. The number of hydrogen-bond acceptors (Lipinski definition) is 4. The maximum Gasteiger partial charge on any atom is 0.269 e. The number of rotatable bonds is 4. The Morgan fingerprint density at radius 2 is 1.71 bits per heavy atom. The fourth-order valence-corrected chi connectivity index (χ4v) is 5.65. The Hall–Kier alpha value is -1.87. The van der Waals surface area contributed by atoms with Crippen molar-refractivity contribution in [3.8, 4) is 0 Å². The summed E-state index contributed by atoms with van der Waals surface area (Å²) in [6.07, 6.45) is -1.89. The number of piperazine rings is 1. The van der Waals surface area contributed by atoms with Crippen LogP contribution in [0.2, 0.25) is 10.0 Å². The van der Waals surface area contributed by atoms with Crippen LogP contribution < -0.4 is 10.2 Å². The van der Waals surface area contributed by atoms with Gasteiger partial charge in [-0.3, -0.25) is 0 Å². The Kier molecular flexibility index (Phi) is 7.47. The van der Waals surface area contributed by atoms with Gasteiger partial charge in [-0.05, 0) is 24.3 Å². The summed E-state index contributed by atoms with van der Waals surface area (Å²) < 4.78 is 55.3. The van der Waals surface area contributed by atoms with Crippen LogP contribution in [0.1, 0.15) is 25.8 Å². The molecular weight excluding hydrogens is 467 g/mol. The van der Waals surface area contributed by atoms with Crippen LogP contribution in [-0.2, 0) is 10.0 Å². The van der Waals surface area contributed by atoms with Crippen molar-refractivity contribution in [2.45, 2.75) is 25.2 Å². The summed E-state index contributed by atoms with van der Waals surface area (Å²) >= 11 is 12.3. The van der Waals surface area contributed by atoms with Crippen LogP contribution in [0.5, 0.6) is 0 Å². The monoisotopic (exact) mass is 489 g/mol. The summed E-state index contributed by atoms with van der Waals surface area (Å²) in [4.78, 5) is 1.77. The Morgan fingerprint density at radius 1 is 1.06 bits per heavy atom. The molecule has 1 aliphatic rings. The molecule has 0 atom stereocenters. The number of nitrogens with zero attached hydrogens (tertiary/aromatic N) is 2. The van der Waals surface area contributed by atoms with Crippen LogP contribution in [0.4, 0.5) is 14.5 Å². The quantitative estimate of drug-likeness (QED) is 0.521. The van der Waals surface area contributed by atoms with E-state index in [1.54, 1.807) is 12.1 Å². The standard InChI is InChI=1S/C19H17Cl2F2N3O2S.C2H6/c20-12-9-15(25-7-5-24-6-8-25)18-13(19(22)23)11-26(16(18)10-12)29(27,28)17-4-2-1-3-14(17)21;1-2/h1-4,9-11,19,24H,5-8H2;1-2H3. The average molecular weight is 490 g/mol. The van der Waals surface area contributed by atoms with Crippen molar-refractivity contribution in [1.29, 1.82) is 0 Å². The molecule has 0 bridgehead atoms. The molecule has 1 N–H and O–H groups in total. The molecule has 1 aliphatic heterocycles. The zero-order chi connectivity index (χ0) is 22.8. The predicted molar refractivity (Wildman–Crippen MR) is 122 cm³/mol. The number of anilines is 1. The number of fused-ring (bicyclic) bond motifs is 1. The average Bonchev–Trinajstić information content (AvgIpc) is 3.16. The molecule has 0 unspecified atom stereocenters. The molecule has 3 aromatic rings. The van der Waals surface area contributed by atoms with Crippen molar-refractivity contribution in [3.05, 3.63) is 58.2 Å². The molecule has 10 heteroatoms. The first-order chi connectivity index (χ1) is 14.8. The number of halogens is 4. The minimum Gasteiger partial charge on any atom is -0.368 e. The molecule has 168 valence electrons. The lowest BCUT2D eigenvalue weighted by Crippen LogP contribution is -2.43. The molecule has 31 heavy (non-hydrogen) atoms. The summed E-state index contributed by atoms with van der Waals surface area (Å²) in [5.41, 5.74) is 0.236. The van der Waals surface area contributed by atoms with E-state index < -0.39 is 16.4 Å².